The van der Waals surface area contributed by atoms with Crippen LogP contribution in [0.5, 0.6) is 11.5 Å². The van der Waals surface area contributed by atoms with Crippen LogP contribution in [0.1, 0.15) is 25.5 Å². The molecule has 0 aliphatic carbocycles. The number of hydrogen-bond donors (Lipinski definition) is 1. The number of nitrogens with zero attached hydrogens (tertiary/aromatic N) is 1. The minimum absolute atomic E-state index is 0.0886. The van der Waals surface area contributed by atoms with Gasteiger partial charge in [-0.05, 0) is 54.6 Å². The van der Waals surface area contributed by atoms with E-state index in [0.29, 0.717) is 17.2 Å². The summed E-state index contributed by atoms with van der Waals surface area (Å²) in [7, 11) is 3.15. The number of amides is 1. The Bertz CT molecular complexity index is 930. The number of methoxy groups -OCH3 is 2. The Morgan fingerprint density at radius 3 is 2.54 bits per heavy atom. The minimum atomic E-state index is -0.340. The van der Waals surface area contributed by atoms with Crippen molar-refractivity contribution in [3.63, 3.8) is 0 Å². The predicted octanol–water partition coefficient (Wildman–Crippen LogP) is 4.42. The van der Waals surface area contributed by atoms with Crippen molar-refractivity contribution in [2.45, 2.75) is 26.3 Å². The molecule has 0 bridgehead atoms. The maximum absolute atomic E-state index is 12.7. The Labute approximate surface area is 153 Å². The van der Waals surface area contributed by atoms with E-state index in [4.69, 9.17) is 9.47 Å². The van der Waals surface area contributed by atoms with Gasteiger partial charge in [0.05, 0.1) is 14.2 Å². The lowest BCUT2D eigenvalue weighted by Crippen LogP contribution is -2.23. The zero-order chi connectivity index (χ0) is 18.7. The molecule has 1 atom stereocenters. The molecule has 0 aliphatic heterocycles. The molecule has 0 saturated carbocycles. The smallest absolute Gasteiger partial charge is 0.247 e. The Hall–Kier alpha value is -2.95. The molecule has 0 aliphatic rings. The quantitative estimate of drug-likeness (QED) is 0.714. The van der Waals surface area contributed by atoms with Crippen molar-refractivity contribution in [3.8, 4) is 11.5 Å². The van der Waals surface area contributed by atoms with Gasteiger partial charge in [0.2, 0.25) is 5.91 Å². The minimum Gasteiger partial charge on any atom is -0.493 e. The fraction of sp³-hybridized carbons (Fsp3) is 0.286. The summed E-state index contributed by atoms with van der Waals surface area (Å²) in [5, 5.41) is 4.10. The van der Waals surface area contributed by atoms with Gasteiger partial charge in [-0.15, -0.1) is 0 Å². The second kappa shape index (κ2) is 7.52. The highest BCUT2D eigenvalue weighted by Crippen LogP contribution is 2.30. The van der Waals surface area contributed by atoms with Crippen LogP contribution >= 0.6 is 0 Å². The van der Waals surface area contributed by atoms with Crippen molar-refractivity contribution < 1.29 is 14.3 Å². The second-order valence-corrected chi connectivity index (χ2v) is 6.20. The molecule has 26 heavy (non-hydrogen) atoms. The van der Waals surface area contributed by atoms with Crippen LogP contribution in [-0.4, -0.2) is 24.7 Å². The zero-order valence-electron chi connectivity index (χ0n) is 15.6. The number of carbonyl (C=O) groups excluding carboxylic acids is 1. The number of ether oxygens (including phenoxy) is 2. The molecule has 1 aromatic heterocycles. The number of nitrogens with one attached hydrogen (secondary N) is 1. The first-order valence-electron chi connectivity index (χ1n) is 8.69. The van der Waals surface area contributed by atoms with Crippen LogP contribution in [-0.2, 0) is 11.2 Å². The van der Waals surface area contributed by atoms with Crippen LogP contribution < -0.4 is 14.8 Å². The lowest BCUT2D eigenvalue weighted by molar-refractivity contribution is -0.118. The molecule has 0 fully saturated rings. The van der Waals surface area contributed by atoms with Crippen molar-refractivity contribution in [1.29, 1.82) is 0 Å². The molecule has 5 heteroatoms. The molecule has 3 aromatic rings. The van der Waals surface area contributed by atoms with Gasteiger partial charge in [-0.25, -0.2) is 0 Å². The number of benzene rings is 2. The van der Waals surface area contributed by atoms with Crippen LogP contribution in [0.2, 0.25) is 0 Å². The number of rotatable bonds is 6. The van der Waals surface area contributed by atoms with Crippen molar-refractivity contribution in [2.75, 3.05) is 19.5 Å². The summed E-state index contributed by atoms with van der Waals surface area (Å²) in [4.78, 5) is 12.7. The number of anilines is 1. The van der Waals surface area contributed by atoms with Crippen molar-refractivity contribution >= 4 is 22.5 Å². The Morgan fingerprint density at radius 2 is 1.85 bits per heavy atom. The summed E-state index contributed by atoms with van der Waals surface area (Å²) in [5.41, 5.74) is 3.01. The number of aromatic nitrogens is 1. The van der Waals surface area contributed by atoms with Crippen LogP contribution in [0.25, 0.3) is 10.9 Å². The van der Waals surface area contributed by atoms with Gasteiger partial charge in [-0.1, -0.05) is 13.0 Å². The zero-order valence-corrected chi connectivity index (χ0v) is 15.6. The van der Waals surface area contributed by atoms with Crippen LogP contribution in [0, 0.1) is 0 Å². The molecule has 136 valence electrons. The maximum atomic E-state index is 12.7. The molecule has 5 nitrogen and oxygen atoms in total. The van der Waals surface area contributed by atoms with Gasteiger partial charge in [0.15, 0.2) is 11.5 Å². The van der Waals surface area contributed by atoms with E-state index in [1.54, 1.807) is 32.4 Å². The highest BCUT2D eigenvalue weighted by atomic mass is 16.5. The lowest BCUT2D eigenvalue weighted by atomic mass is 10.1. The number of fused-ring (bicyclic) bond motifs is 1. The summed E-state index contributed by atoms with van der Waals surface area (Å²) >= 11 is 0. The van der Waals surface area contributed by atoms with Crippen molar-refractivity contribution in [3.05, 3.63) is 54.2 Å². The van der Waals surface area contributed by atoms with E-state index in [-0.39, 0.29) is 11.9 Å². The molecule has 0 saturated heterocycles. The Kier molecular flexibility index (Phi) is 5.16. The molecule has 1 heterocycles. The molecule has 1 unspecified atom stereocenters. The van der Waals surface area contributed by atoms with Gasteiger partial charge >= 0.3 is 0 Å². The van der Waals surface area contributed by atoms with Gasteiger partial charge in [-0.3, -0.25) is 4.79 Å². The van der Waals surface area contributed by atoms with Gasteiger partial charge in [0.25, 0.3) is 0 Å². The van der Waals surface area contributed by atoms with Crippen molar-refractivity contribution in [1.82, 2.24) is 4.57 Å². The molecule has 2 aromatic carbocycles. The summed E-state index contributed by atoms with van der Waals surface area (Å²) in [6.45, 7) is 4.03. The standard InChI is InChI=1S/C21H24N2O3/c1-5-15-6-8-18-16(12-15)10-11-23(18)14(2)21(24)22-17-7-9-19(25-3)20(13-17)26-4/h6-14H,5H2,1-4H3,(H,22,24). The lowest BCUT2D eigenvalue weighted by Gasteiger charge is -2.16. The first-order chi connectivity index (χ1) is 12.6. The molecule has 3 rings (SSSR count). The Balaban J connectivity index is 1.82. The summed E-state index contributed by atoms with van der Waals surface area (Å²) in [5.74, 6) is 1.12. The molecular formula is C21H24N2O3. The van der Waals surface area contributed by atoms with Gasteiger partial charge in [-0.2, -0.15) is 0 Å². The second-order valence-electron chi connectivity index (χ2n) is 6.20. The summed E-state index contributed by atoms with van der Waals surface area (Å²) in [6, 6.07) is 13.4. The molecule has 0 spiro atoms. The van der Waals surface area contributed by atoms with E-state index in [9.17, 15) is 4.79 Å². The van der Waals surface area contributed by atoms with Crippen molar-refractivity contribution in [2.24, 2.45) is 0 Å². The number of hydrogen-bond acceptors (Lipinski definition) is 3. The van der Waals surface area contributed by atoms with Crippen LogP contribution in [0.15, 0.2) is 48.7 Å². The first-order valence-corrected chi connectivity index (χ1v) is 8.69. The van der Waals surface area contributed by atoms with Crippen LogP contribution in [0.4, 0.5) is 5.69 Å². The van der Waals surface area contributed by atoms with E-state index in [0.717, 1.165) is 17.3 Å². The van der Waals surface area contributed by atoms with Gasteiger partial charge in [0, 0.05) is 23.5 Å². The van der Waals surface area contributed by atoms with E-state index in [1.807, 2.05) is 17.7 Å². The topological polar surface area (TPSA) is 52.5 Å². The fourth-order valence-electron chi connectivity index (χ4n) is 3.06. The largest absolute Gasteiger partial charge is 0.493 e. The normalized spacial score (nSPS) is 12.0. The molecule has 0 radical (unpaired) electrons. The third-order valence-corrected chi connectivity index (χ3v) is 4.64. The average molecular weight is 352 g/mol. The van der Waals surface area contributed by atoms with Gasteiger partial charge in [0.1, 0.15) is 6.04 Å². The van der Waals surface area contributed by atoms with E-state index >= 15 is 0 Å². The molecular weight excluding hydrogens is 328 g/mol. The summed E-state index contributed by atoms with van der Waals surface area (Å²) < 4.78 is 12.5. The van der Waals surface area contributed by atoms with E-state index in [2.05, 4.69) is 36.5 Å². The molecule has 1 N–H and O–H groups in total. The predicted molar refractivity (Wildman–Crippen MR) is 104 cm³/mol. The van der Waals surface area contributed by atoms with Crippen LogP contribution in [0.3, 0.4) is 0 Å². The third kappa shape index (κ3) is 3.38. The SMILES string of the molecule is CCc1ccc2c(ccn2C(C)C(=O)Nc2ccc(OC)c(OC)c2)c1. The highest BCUT2D eigenvalue weighted by molar-refractivity contribution is 5.95. The Morgan fingerprint density at radius 1 is 1.08 bits per heavy atom. The highest BCUT2D eigenvalue weighted by Gasteiger charge is 2.17. The van der Waals surface area contributed by atoms with E-state index in [1.165, 1.54) is 5.56 Å². The summed E-state index contributed by atoms with van der Waals surface area (Å²) in [6.07, 6.45) is 2.96. The number of carbonyl (C=O) groups is 1. The first kappa shape index (κ1) is 17.9. The number of aryl methyl sites for hydroxylation is 1. The van der Waals surface area contributed by atoms with Gasteiger partial charge < -0.3 is 19.4 Å². The fourth-order valence-corrected chi connectivity index (χ4v) is 3.06. The maximum Gasteiger partial charge on any atom is 0.247 e. The molecule has 1 amide bonds. The third-order valence-electron chi connectivity index (χ3n) is 4.64. The van der Waals surface area contributed by atoms with E-state index < -0.39 is 0 Å². The monoisotopic (exact) mass is 352 g/mol. The average Bonchev–Trinajstić information content (AvgIpc) is 3.10.